The summed E-state index contributed by atoms with van der Waals surface area (Å²) in [5.74, 6) is -0.213. The van der Waals surface area contributed by atoms with E-state index < -0.39 is 6.04 Å². The molecule has 3 heterocycles. The zero-order valence-corrected chi connectivity index (χ0v) is 17.5. The van der Waals surface area contributed by atoms with Gasteiger partial charge in [0.2, 0.25) is 5.91 Å². The van der Waals surface area contributed by atoms with Gasteiger partial charge in [0.15, 0.2) is 5.76 Å². The molecule has 2 aromatic carbocycles. The second kappa shape index (κ2) is 7.95. The maximum atomic E-state index is 13.4. The number of carbonyl (C=O) groups is 2. The molecule has 1 unspecified atom stereocenters. The maximum Gasteiger partial charge on any atom is 0.290 e. The Morgan fingerprint density at radius 1 is 1.06 bits per heavy atom. The normalized spacial score (nSPS) is 17.3. The third kappa shape index (κ3) is 3.58. The van der Waals surface area contributed by atoms with Crippen LogP contribution in [0.5, 0.6) is 0 Å². The molecule has 0 spiro atoms. The molecule has 0 radical (unpaired) electrons. The number of furan rings is 1. The molecule has 0 fully saturated rings. The largest absolute Gasteiger partial charge is 0.459 e. The van der Waals surface area contributed by atoms with E-state index in [1.165, 1.54) is 17.5 Å². The van der Waals surface area contributed by atoms with E-state index in [0.29, 0.717) is 13.0 Å². The molecule has 31 heavy (non-hydrogen) atoms. The van der Waals surface area contributed by atoms with Gasteiger partial charge in [0.1, 0.15) is 6.04 Å². The fourth-order valence-corrected chi connectivity index (χ4v) is 4.59. The molecule has 0 saturated carbocycles. The first-order valence-electron chi connectivity index (χ1n) is 10.7. The highest BCUT2D eigenvalue weighted by Crippen LogP contribution is 2.31. The molecule has 2 aliphatic rings. The topological polar surface area (TPSA) is 65.8 Å². The monoisotopic (exact) mass is 415 g/mol. The van der Waals surface area contributed by atoms with Gasteiger partial charge in [-0.05, 0) is 54.3 Å². The van der Waals surface area contributed by atoms with Crippen molar-refractivity contribution in [2.75, 3.05) is 23.3 Å². The molecule has 1 atom stereocenters. The molecule has 5 rings (SSSR count). The number of hydrogen-bond donors (Lipinski definition) is 1. The Hall–Kier alpha value is -3.54. The van der Waals surface area contributed by atoms with Gasteiger partial charge in [0, 0.05) is 37.4 Å². The molecular formula is C25H25N3O3. The fraction of sp³-hybridized carbons (Fsp3) is 0.280. The number of benzene rings is 2. The fourth-order valence-electron chi connectivity index (χ4n) is 4.59. The van der Waals surface area contributed by atoms with E-state index in [4.69, 9.17) is 4.42 Å². The van der Waals surface area contributed by atoms with Gasteiger partial charge in [-0.2, -0.15) is 0 Å². The van der Waals surface area contributed by atoms with Gasteiger partial charge in [0.05, 0.1) is 6.26 Å². The summed E-state index contributed by atoms with van der Waals surface area (Å²) in [6, 6.07) is 16.7. The second-order valence-corrected chi connectivity index (χ2v) is 8.06. The third-order valence-electron chi connectivity index (χ3n) is 6.27. The van der Waals surface area contributed by atoms with Crippen LogP contribution in [0.25, 0.3) is 0 Å². The molecule has 0 saturated heterocycles. The van der Waals surface area contributed by atoms with Crippen molar-refractivity contribution < 1.29 is 14.0 Å². The lowest BCUT2D eigenvalue weighted by Gasteiger charge is -2.35. The van der Waals surface area contributed by atoms with Crippen LogP contribution in [0.2, 0.25) is 0 Å². The Bertz CT molecular complexity index is 1120. The first-order valence-corrected chi connectivity index (χ1v) is 10.7. The van der Waals surface area contributed by atoms with Crippen molar-refractivity contribution in [1.29, 1.82) is 0 Å². The highest BCUT2D eigenvalue weighted by molar-refractivity contribution is 6.01. The standard InChI is InChI=1S/C25H25N3O3/c1-2-27-12-11-17-9-10-20(15-21(17)27)26-24(29)22-14-18-6-3-4-7-19(18)16-28(22)25(30)23-8-5-13-31-23/h3-10,13,15,22H,2,11-12,14,16H2,1H3,(H,26,29). The highest BCUT2D eigenvalue weighted by Gasteiger charge is 2.36. The first kappa shape index (κ1) is 19.4. The van der Waals surface area contributed by atoms with Crippen molar-refractivity contribution in [1.82, 2.24) is 4.90 Å². The zero-order valence-electron chi connectivity index (χ0n) is 17.5. The van der Waals surface area contributed by atoms with E-state index in [1.807, 2.05) is 36.4 Å². The number of rotatable bonds is 4. The van der Waals surface area contributed by atoms with Crippen molar-refractivity contribution in [3.63, 3.8) is 0 Å². The number of hydrogen-bond acceptors (Lipinski definition) is 4. The molecule has 0 bridgehead atoms. The van der Waals surface area contributed by atoms with Gasteiger partial charge in [-0.15, -0.1) is 0 Å². The van der Waals surface area contributed by atoms with Crippen molar-refractivity contribution in [2.24, 2.45) is 0 Å². The Morgan fingerprint density at radius 2 is 1.90 bits per heavy atom. The summed E-state index contributed by atoms with van der Waals surface area (Å²) in [4.78, 5) is 30.4. The molecule has 6 nitrogen and oxygen atoms in total. The second-order valence-electron chi connectivity index (χ2n) is 8.06. The summed E-state index contributed by atoms with van der Waals surface area (Å²) in [7, 11) is 0. The Morgan fingerprint density at radius 3 is 2.68 bits per heavy atom. The van der Waals surface area contributed by atoms with Crippen LogP contribution in [0.1, 0.15) is 34.2 Å². The van der Waals surface area contributed by atoms with Crippen LogP contribution in [-0.4, -0.2) is 35.8 Å². The van der Waals surface area contributed by atoms with Crippen LogP contribution in [0.3, 0.4) is 0 Å². The highest BCUT2D eigenvalue weighted by atomic mass is 16.3. The van der Waals surface area contributed by atoms with Gasteiger partial charge >= 0.3 is 0 Å². The van der Waals surface area contributed by atoms with Crippen molar-refractivity contribution >= 4 is 23.2 Å². The molecule has 1 aromatic heterocycles. The predicted molar refractivity (Wildman–Crippen MR) is 119 cm³/mol. The zero-order chi connectivity index (χ0) is 21.4. The molecule has 2 amide bonds. The molecule has 3 aromatic rings. The average molecular weight is 415 g/mol. The van der Waals surface area contributed by atoms with Crippen LogP contribution < -0.4 is 10.2 Å². The van der Waals surface area contributed by atoms with Crippen molar-refractivity contribution in [3.8, 4) is 0 Å². The van der Waals surface area contributed by atoms with Crippen LogP contribution in [0.15, 0.2) is 65.3 Å². The van der Waals surface area contributed by atoms with Gasteiger partial charge < -0.3 is 19.5 Å². The summed E-state index contributed by atoms with van der Waals surface area (Å²) in [5, 5.41) is 3.06. The molecular weight excluding hydrogens is 390 g/mol. The van der Waals surface area contributed by atoms with Crippen LogP contribution in [0.4, 0.5) is 11.4 Å². The summed E-state index contributed by atoms with van der Waals surface area (Å²) < 4.78 is 5.33. The molecule has 6 heteroatoms. The molecule has 1 N–H and O–H groups in total. The summed E-state index contributed by atoms with van der Waals surface area (Å²) in [5.41, 5.74) is 5.40. The van der Waals surface area contributed by atoms with Crippen LogP contribution in [-0.2, 0) is 24.2 Å². The van der Waals surface area contributed by atoms with Gasteiger partial charge in [0.25, 0.3) is 5.91 Å². The molecule has 0 aliphatic carbocycles. The minimum Gasteiger partial charge on any atom is -0.459 e. The van der Waals surface area contributed by atoms with E-state index in [1.54, 1.807) is 17.0 Å². The number of nitrogens with zero attached hydrogens (tertiary/aromatic N) is 2. The Balaban J connectivity index is 1.42. The minimum absolute atomic E-state index is 0.185. The SMILES string of the molecule is CCN1CCc2ccc(NC(=O)C3Cc4ccccc4CN3C(=O)c3ccco3)cc21. The number of carbonyl (C=O) groups excluding carboxylic acids is 2. The van der Waals surface area contributed by atoms with E-state index >= 15 is 0 Å². The lowest BCUT2D eigenvalue weighted by molar-refractivity contribution is -0.121. The van der Waals surface area contributed by atoms with E-state index in [0.717, 1.165) is 36.3 Å². The number of fused-ring (bicyclic) bond motifs is 2. The number of anilines is 2. The number of nitrogens with one attached hydrogen (secondary N) is 1. The Kier molecular flexibility index (Phi) is 4.98. The van der Waals surface area contributed by atoms with Crippen molar-refractivity contribution in [3.05, 3.63) is 83.3 Å². The average Bonchev–Trinajstić information content (AvgIpc) is 3.47. The quantitative estimate of drug-likeness (QED) is 0.703. The van der Waals surface area contributed by atoms with Crippen LogP contribution >= 0.6 is 0 Å². The van der Waals surface area contributed by atoms with E-state index in [-0.39, 0.29) is 17.6 Å². The lowest BCUT2D eigenvalue weighted by Crippen LogP contribution is -2.50. The van der Waals surface area contributed by atoms with Crippen LogP contribution in [0, 0.1) is 0 Å². The predicted octanol–water partition coefficient (Wildman–Crippen LogP) is 3.87. The Labute approximate surface area is 181 Å². The van der Waals surface area contributed by atoms with Gasteiger partial charge in [-0.25, -0.2) is 0 Å². The number of likely N-dealkylation sites (N-methyl/N-ethyl adjacent to an activating group) is 1. The summed E-state index contributed by atoms with van der Waals surface area (Å²) in [6.45, 7) is 4.46. The van der Waals surface area contributed by atoms with Gasteiger partial charge in [-0.1, -0.05) is 30.3 Å². The smallest absolute Gasteiger partial charge is 0.290 e. The minimum atomic E-state index is -0.608. The van der Waals surface area contributed by atoms with E-state index in [9.17, 15) is 9.59 Å². The maximum absolute atomic E-state index is 13.4. The number of amides is 2. The first-order chi connectivity index (χ1) is 15.1. The summed E-state index contributed by atoms with van der Waals surface area (Å²) in [6.07, 6.45) is 2.98. The summed E-state index contributed by atoms with van der Waals surface area (Å²) >= 11 is 0. The molecule has 2 aliphatic heterocycles. The lowest BCUT2D eigenvalue weighted by atomic mass is 9.93. The molecule has 158 valence electrons. The van der Waals surface area contributed by atoms with Crippen molar-refractivity contribution in [2.45, 2.75) is 32.4 Å². The van der Waals surface area contributed by atoms with E-state index in [2.05, 4.69) is 23.2 Å². The van der Waals surface area contributed by atoms with Gasteiger partial charge in [-0.3, -0.25) is 9.59 Å². The third-order valence-corrected chi connectivity index (χ3v) is 6.27.